The Labute approximate surface area is 116 Å². The van der Waals surface area contributed by atoms with Gasteiger partial charge in [-0.15, -0.1) is 0 Å². The first kappa shape index (κ1) is 15.3. The minimum Gasteiger partial charge on any atom is -0.324 e. The van der Waals surface area contributed by atoms with Gasteiger partial charge in [0.25, 0.3) is 0 Å². The van der Waals surface area contributed by atoms with Crippen LogP contribution in [0.15, 0.2) is 18.2 Å². The molecule has 0 saturated heterocycles. The van der Waals surface area contributed by atoms with Crippen molar-refractivity contribution < 1.29 is 17.6 Å². The maximum Gasteiger partial charge on any atom is 0.416 e. The first-order valence-electron chi connectivity index (χ1n) is 7.00. The third kappa shape index (κ3) is 3.72. The van der Waals surface area contributed by atoms with Crippen LogP contribution in [0.3, 0.4) is 0 Å². The van der Waals surface area contributed by atoms with E-state index in [-0.39, 0.29) is 5.56 Å². The van der Waals surface area contributed by atoms with Crippen molar-refractivity contribution in [3.05, 3.63) is 35.1 Å². The molecule has 0 aromatic heterocycles. The Hall–Kier alpha value is -1.10. The fourth-order valence-corrected chi connectivity index (χ4v) is 3.01. The summed E-state index contributed by atoms with van der Waals surface area (Å²) in [4.78, 5) is 0. The quantitative estimate of drug-likeness (QED) is 0.794. The first-order valence-corrected chi connectivity index (χ1v) is 7.00. The van der Waals surface area contributed by atoms with Gasteiger partial charge in [0.1, 0.15) is 5.82 Å². The molecule has 0 amide bonds. The van der Waals surface area contributed by atoms with E-state index in [1.54, 1.807) is 0 Å². The molecule has 2 N–H and O–H groups in total. The summed E-state index contributed by atoms with van der Waals surface area (Å²) in [7, 11) is 0. The van der Waals surface area contributed by atoms with E-state index in [9.17, 15) is 17.6 Å². The molecule has 5 heteroatoms. The lowest BCUT2D eigenvalue weighted by Gasteiger charge is -2.26. The van der Waals surface area contributed by atoms with E-state index in [2.05, 4.69) is 0 Å². The summed E-state index contributed by atoms with van der Waals surface area (Å²) in [5, 5.41) is 0. The van der Waals surface area contributed by atoms with Gasteiger partial charge in [0.05, 0.1) is 5.56 Å². The van der Waals surface area contributed by atoms with Crippen molar-refractivity contribution >= 4 is 0 Å². The van der Waals surface area contributed by atoms with Crippen LogP contribution in [0.1, 0.15) is 55.7 Å². The Balaban J connectivity index is 2.19. The van der Waals surface area contributed by atoms with Crippen LogP contribution in [-0.4, -0.2) is 0 Å². The molecule has 1 saturated carbocycles. The first-order chi connectivity index (χ1) is 9.38. The van der Waals surface area contributed by atoms with Gasteiger partial charge in [0.2, 0.25) is 0 Å². The molecule has 1 nitrogen and oxygen atoms in total. The number of halogens is 4. The number of rotatable bonds is 3. The Morgan fingerprint density at radius 3 is 2.40 bits per heavy atom. The molecule has 1 aliphatic rings. The number of benzene rings is 1. The summed E-state index contributed by atoms with van der Waals surface area (Å²) < 4.78 is 52.1. The molecule has 0 spiro atoms. The standard InChI is InChI=1S/C15H19F4N/c16-11-6-7-13(15(17,18)19)12(9-11)14(20)8-10-4-2-1-3-5-10/h6-7,9-10,14H,1-5,8,20H2. The Morgan fingerprint density at radius 1 is 1.15 bits per heavy atom. The van der Waals surface area contributed by atoms with E-state index in [0.29, 0.717) is 12.3 Å². The fourth-order valence-electron chi connectivity index (χ4n) is 3.01. The van der Waals surface area contributed by atoms with Crippen LogP contribution >= 0.6 is 0 Å². The maximum atomic E-state index is 13.3. The number of nitrogens with two attached hydrogens (primary N) is 1. The molecule has 1 fully saturated rings. The molecule has 1 aromatic carbocycles. The molecule has 112 valence electrons. The van der Waals surface area contributed by atoms with Crippen LogP contribution in [0.25, 0.3) is 0 Å². The van der Waals surface area contributed by atoms with Crippen LogP contribution < -0.4 is 5.73 Å². The van der Waals surface area contributed by atoms with Gasteiger partial charge < -0.3 is 5.73 Å². The van der Waals surface area contributed by atoms with Gasteiger partial charge in [-0.1, -0.05) is 32.1 Å². The molecule has 0 radical (unpaired) electrons. The molecule has 20 heavy (non-hydrogen) atoms. The molecule has 1 aliphatic carbocycles. The molecule has 0 heterocycles. The van der Waals surface area contributed by atoms with E-state index in [1.165, 1.54) is 6.42 Å². The number of hydrogen-bond donors (Lipinski definition) is 1. The van der Waals surface area contributed by atoms with Gasteiger partial charge >= 0.3 is 6.18 Å². The zero-order valence-electron chi connectivity index (χ0n) is 11.2. The van der Waals surface area contributed by atoms with Crippen molar-refractivity contribution in [3.8, 4) is 0 Å². The average Bonchev–Trinajstić information content (AvgIpc) is 2.38. The fraction of sp³-hybridized carbons (Fsp3) is 0.600. The Kier molecular flexibility index (Phi) is 4.68. The minimum atomic E-state index is -4.49. The van der Waals surface area contributed by atoms with Crippen LogP contribution in [-0.2, 0) is 6.18 Å². The lowest BCUT2D eigenvalue weighted by Crippen LogP contribution is -2.21. The summed E-state index contributed by atoms with van der Waals surface area (Å²) in [6.07, 6.45) is 1.40. The van der Waals surface area contributed by atoms with E-state index < -0.39 is 23.6 Å². The maximum absolute atomic E-state index is 13.3. The third-order valence-electron chi connectivity index (χ3n) is 4.03. The minimum absolute atomic E-state index is 0.122. The molecular weight excluding hydrogens is 270 g/mol. The average molecular weight is 289 g/mol. The number of alkyl halides is 3. The van der Waals surface area contributed by atoms with E-state index in [4.69, 9.17) is 5.73 Å². The Bertz CT molecular complexity index is 450. The molecule has 2 rings (SSSR count). The molecule has 0 bridgehead atoms. The van der Waals surface area contributed by atoms with Crippen molar-refractivity contribution in [3.63, 3.8) is 0 Å². The SMILES string of the molecule is NC(CC1CCCCC1)c1cc(F)ccc1C(F)(F)F. The second kappa shape index (κ2) is 6.12. The van der Waals surface area contributed by atoms with Crippen molar-refractivity contribution in [1.29, 1.82) is 0 Å². The van der Waals surface area contributed by atoms with Crippen LogP contribution in [0, 0.1) is 11.7 Å². The van der Waals surface area contributed by atoms with E-state index >= 15 is 0 Å². The van der Waals surface area contributed by atoms with Gasteiger partial charge in [-0.2, -0.15) is 13.2 Å². The van der Waals surface area contributed by atoms with Crippen molar-refractivity contribution in [1.82, 2.24) is 0 Å². The lowest BCUT2D eigenvalue weighted by atomic mass is 9.83. The summed E-state index contributed by atoms with van der Waals surface area (Å²) in [5.41, 5.74) is 4.99. The zero-order chi connectivity index (χ0) is 14.8. The molecule has 1 aromatic rings. The van der Waals surface area contributed by atoms with Crippen molar-refractivity contribution in [2.75, 3.05) is 0 Å². The third-order valence-corrected chi connectivity index (χ3v) is 4.03. The zero-order valence-corrected chi connectivity index (χ0v) is 11.2. The van der Waals surface area contributed by atoms with E-state index in [1.807, 2.05) is 0 Å². The highest BCUT2D eigenvalue weighted by molar-refractivity contribution is 5.33. The molecule has 1 unspecified atom stereocenters. The number of hydrogen-bond acceptors (Lipinski definition) is 1. The summed E-state index contributed by atoms with van der Waals surface area (Å²) in [6.45, 7) is 0. The monoisotopic (exact) mass is 289 g/mol. The normalized spacial score (nSPS) is 19.1. The highest BCUT2D eigenvalue weighted by Crippen LogP contribution is 2.37. The van der Waals surface area contributed by atoms with Gasteiger partial charge in [-0.05, 0) is 36.1 Å². The second-order valence-corrected chi connectivity index (χ2v) is 5.58. The largest absolute Gasteiger partial charge is 0.416 e. The van der Waals surface area contributed by atoms with Crippen molar-refractivity contribution in [2.24, 2.45) is 11.7 Å². The van der Waals surface area contributed by atoms with Crippen LogP contribution in [0.5, 0.6) is 0 Å². The smallest absolute Gasteiger partial charge is 0.324 e. The summed E-state index contributed by atoms with van der Waals surface area (Å²) in [5.74, 6) is -0.324. The summed E-state index contributed by atoms with van der Waals surface area (Å²) in [6, 6.07) is 1.78. The predicted octanol–water partition coefficient (Wildman–Crippen LogP) is 4.81. The lowest BCUT2D eigenvalue weighted by molar-refractivity contribution is -0.138. The summed E-state index contributed by atoms with van der Waals surface area (Å²) >= 11 is 0. The second-order valence-electron chi connectivity index (χ2n) is 5.58. The van der Waals surface area contributed by atoms with Gasteiger partial charge in [0.15, 0.2) is 0 Å². The van der Waals surface area contributed by atoms with Gasteiger partial charge in [-0.3, -0.25) is 0 Å². The van der Waals surface area contributed by atoms with Gasteiger partial charge in [0, 0.05) is 6.04 Å². The predicted molar refractivity (Wildman–Crippen MR) is 69.5 cm³/mol. The molecular formula is C15H19F4N. The van der Waals surface area contributed by atoms with Gasteiger partial charge in [-0.25, -0.2) is 4.39 Å². The van der Waals surface area contributed by atoms with E-state index in [0.717, 1.165) is 43.9 Å². The van der Waals surface area contributed by atoms with Crippen LogP contribution in [0.4, 0.5) is 17.6 Å². The van der Waals surface area contributed by atoms with Crippen molar-refractivity contribution in [2.45, 2.75) is 50.7 Å². The highest BCUT2D eigenvalue weighted by Gasteiger charge is 2.35. The molecule has 1 atom stereocenters. The van der Waals surface area contributed by atoms with Crippen LogP contribution in [0.2, 0.25) is 0 Å². The molecule has 0 aliphatic heterocycles. The Morgan fingerprint density at radius 2 is 1.80 bits per heavy atom. The topological polar surface area (TPSA) is 26.0 Å². The highest BCUT2D eigenvalue weighted by atomic mass is 19.4.